The smallest absolute Gasteiger partial charge is 0.0108 e. The minimum absolute atomic E-state index is 1.13. The van der Waals surface area contributed by atoms with E-state index in [1.807, 2.05) is 0 Å². The number of rotatable bonds is 2. The fraction of sp³-hybridized carbons (Fsp3) is 0.238. The molecular formula is C21H20. The van der Waals surface area contributed by atoms with Crippen LogP contribution in [-0.2, 0) is 0 Å². The van der Waals surface area contributed by atoms with E-state index < -0.39 is 0 Å². The summed E-state index contributed by atoms with van der Waals surface area (Å²) in [6.45, 7) is 2.25. The highest BCUT2D eigenvalue weighted by Crippen LogP contribution is 2.42. The van der Waals surface area contributed by atoms with E-state index in [4.69, 9.17) is 0 Å². The largest absolute Gasteiger partial charge is 0.0616 e. The molecule has 0 unspecified atom stereocenters. The average molecular weight is 272 g/mol. The van der Waals surface area contributed by atoms with Gasteiger partial charge < -0.3 is 0 Å². The summed E-state index contributed by atoms with van der Waals surface area (Å²) >= 11 is 0. The van der Waals surface area contributed by atoms with Gasteiger partial charge in [-0.05, 0) is 64.3 Å². The Morgan fingerprint density at radius 1 is 0.905 bits per heavy atom. The summed E-state index contributed by atoms with van der Waals surface area (Å²) in [6, 6.07) is 15.5. The summed E-state index contributed by atoms with van der Waals surface area (Å²) in [7, 11) is 0. The summed E-state index contributed by atoms with van der Waals surface area (Å²) < 4.78 is 0. The van der Waals surface area contributed by atoms with Gasteiger partial charge in [0.2, 0.25) is 0 Å². The van der Waals surface area contributed by atoms with E-state index >= 15 is 0 Å². The van der Waals surface area contributed by atoms with E-state index in [9.17, 15) is 0 Å². The molecule has 21 heavy (non-hydrogen) atoms. The molecular weight excluding hydrogens is 252 g/mol. The zero-order chi connectivity index (χ0) is 14.2. The van der Waals surface area contributed by atoms with Crippen molar-refractivity contribution in [1.29, 1.82) is 0 Å². The van der Waals surface area contributed by atoms with Crippen LogP contribution in [0.25, 0.3) is 16.3 Å². The monoisotopic (exact) mass is 272 g/mol. The Balaban J connectivity index is 1.96. The number of hydrogen-bond acceptors (Lipinski definition) is 0. The molecule has 0 fully saturated rings. The van der Waals surface area contributed by atoms with E-state index in [-0.39, 0.29) is 0 Å². The third-order valence-corrected chi connectivity index (χ3v) is 4.76. The Hall–Kier alpha value is -2.08. The Labute approximate surface area is 126 Å². The molecule has 0 radical (unpaired) electrons. The lowest BCUT2D eigenvalue weighted by Crippen LogP contribution is -2.00. The van der Waals surface area contributed by atoms with Crippen LogP contribution < -0.4 is 0 Å². The van der Waals surface area contributed by atoms with E-state index in [2.05, 4.69) is 61.5 Å². The van der Waals surface area contributed by atoms with Crippen molar-refractivity contribution in [1.82, 2.24) is 0 Å². The van der Waals surface area contributed by atoms with Crippen LogP contribution in [0.2, 0.25) is 0 Å². The molecule has 0 nitrogen and oxygen atoms in total. The van der Waals surface area contributed by atoms with Crippen molar-refractivity contribution in [3.63, 3.8) is 0 Å². The zero-order valence-electron chi connectivity index (χ0n) is 12.5. The van der Waals surface area contributed by atoms with Crippen molar-refractivity contribution in [2.24, 2.45) is 0 Å². The van der Waals surface area contributed by atoms with E-state index in [0.717, 1.165) is 6.42 Å². The molecule has 0 aromatic heterocycles. The van der Waals surface area contributed by atoms with Gasteiger partial charge in [0, 0.05) is 0 Å². The molecule has 2 aromatic carbocycles. The van der Waals surface area contributed by atoms with Gasteiger partial charge in [-0.3, -0.25) is 0 Å². The minimum Gasteiger partial charge on any atom is -0.0616 e. The maximum atomic E-state index is 2.42. The molecule has 0 spiro atoms. The highest BCUT2D eigenvalue weighted by atomic mass is 14.3. The van der Waals surface area contributed by atoms with Crippen molar-refractivity contribution in [2.75, 3.05) is 0 Å². The van der Waals surface area contributed by atoms with Crippen LogP contribution in [0.4, 0.5) is 0 Å². The van der Waals surface area contributed by atoms with Gasteiger partial charge in [0.25, 0.3) is 0 Å². The molecule has 2 aliphatic carbocycles. The minimum atomic E-state index is 1.13. The van der Waals surface area contributed by atoms with Crippen molar-refractivity contribution in [3.05, 3.63) is 76.9 Å². The standard InChI is InChI=1S/C21H20/c1-2-15-13-17-9-6-12-20(21(17)14-15)19-11-5-8-16-7-3-4-10-18(16)19/h3-5,7-8,10-11,13-14H,2,6,9,12H2,1H3. The van der Waals surface area contributed by atoms with Crippen molar-refractivity contribution < 1.29 is 0 Å². The number of allylic oxidation sites excluding steroid dienone is 6. The first-order chi connectivity index (χ1) is 10.4. The maximum absolute atomic E-state index is 2.42. The number of benzene rings is 2. The van der Waals surface area contributed by atoms with Crippen molar-refractivity contribution in [2.45, 2.75) is 32.6 Å². The van der Waals surface area contributed by atoms with Crippen LogP contribution in [0.5, 0.6) is 0 Å². The van der Waals surface area contributed by atoms with E-state index in [0.29, 0.717) is 0 Å². The summed E-state index contributed by atoms with van der Waals surface area (Å²) in [6.07, 6.45) is 9.69. The van der Waals surface area contributed by atoms with Gasteiger partial charge in [0.1, 0.15) is 0 Å². The van der Waals surface area contributed by atoms with Gasteiger partial charge in [0.05, 0.1) is 0 Å². The molecule has 0 atom stereocenters. The van der Waals surface area contributed by atoms with Gasteiger partial charge in [-0.15, -0.1) is 0 Å². The van der Waals surface area contributed by atoms with Crippen molar-refractivity contribution in [3.8, 4) is 0 Å². The third kappa shape index (κ3) is 2.06. The van der Waals surface area contributed by atoms with Crippen LogP contribution in [-0.4, -0.2) is 0 Å². The molecule has 4 rings (SSSR count). The van der Waals surface area contributed by atoms with Crippen LogP contribution in [0.15, 0.2) is 71.3 Å². The topological polar surface area (TPSA) is 0 Å². The van der Waals surface area contributed by atoms with Gasteiger partial charge in [0.15, 0.2) is 0 Å². The second-order valence-corrected chi connectivity index (χ2v) is 6.01. The van der Waals surface area contributed by atoms with Gasteiger partial charge >= 0.3 is 0 Å². The van der Waals surface area contributed by atoms with Crippen LogP contribution in [0.1, 0.15) is 38.2 Å². The lowest BCUT2D eigenvalue weighted by atomic mass is 9.84. The first kappa shape index (κ1) is 12.6. The fourth-order valence-electron chi connectivity index (χ4n) is 3.67. The Morgan fingerprint density at radius 3 is 2.67 bits per heavy atom. The summed E-state index contributed by atoms with van der Waals surface area (Å²) in [5, 5.41) is 2.74. The molecule has 0 N–H and O–H groups in total. The fourth-order valence-corrected chi connectivity index (χ4v) is 3.67. The molecule has 0 saturated carbocycles. The highest BCUT2D eigenvalue weighted by Gasteiger charge is 2.21. The lowest BCUT2D eigenvalue weighted by Gasteiger charge is -2.20. The SMILES string of the molecule is CCC1=CC2=C(c3cccc4ccccc34)CCCC2=C1. The molecule has 2 aliphatic rings. The molecule has 0 saturated heterocycles. The van der Waals surface area contributed by atoms with E-state index in [1.54, 1.807) is 11.1 Å². The van der Waals surface area contributed by atoms with Gasteiger partial charge in [-0.25, -0.2) is 0 Å². The van der Waals surface area contributed by atoms with E-state index in [1.165, 1.54) is 46.7 Å². The number of hydrogen-bond donors (Lipinski definition) is 0. The lowest BCUT2D eigenvalue weighted by molar-refractivity contribution is 0.827. The second-order valence-electron chi connectivity index (χ2n) is 6.01. The molecule has 0 heteroatoms. The van der Waals surface area contributed by atoms with Crippen LogP contribution >= 0.6 is 0 Å². The van der Waals surface area contributed by atoms with Crippen molar-refractivity contribution >= 4 is 16.3 Å². The molecule has 104 valence electrons. The average Bonchev–Trinajstić information content (AvgIpc) is 2.97. The summed E-state index contributed by atoms with van der Waals surface area (Å²) in [4.78, 5) is 0. The van der Waals surface area contributed by atoms with Gasteiger partial charge in [-0.2, -0.15) is 0 Å². The Bertz CT molecular complexity index is 794. The third-order valence-electron chi connectivity index (χ3n) is 4.76. The quantitative estimate of drug-likeness (QED) is 0.624. The van der Waals surface area contributed by atoms with Crippen LogP contribution in [0.3, 0.4) is 0 Å². The molecule has 2 aromatic rings. The Morgan fingerprint density at radius 2 is 1.76 bits per heavy atom. The normalized spacial score (nSPS) is 17.8. The summed E-state index contributed by atoms with van der Waals surface area (Å²) in [5.41, 5.74) is 7.53. The maximum Gasteiger partial charge on any atom is -0.0108 e. The van der Waals surface area contributed by atoms with Crippen LogP contribution in [0, 0.1) is 0 Å². The predicted molar refractivity (Wildman–Crippen MR) is 91.2 cm³/mol. The number of fused-ring (bicyclic) bond motifs is 2. The first-order valence-corrected chi connectivity index (χ1v) is 7.99. The molecule has 0 aliphatic heterocycles. The molecule has 0 heterocycles. The summed E-state index contributed by atoms with van der Waals surface area (Å²) in [5.74, 6) is 0. The molecule has 0 bridgehead atoms. The highest BCUT2D eigenvalue weighted by molar-refractivity contribution is 5.96. The molecule has 0 amide bonds. The predicted octanol–water partition coefficient (Wildman–Crippen LogP) is 6.05. The second kappa shape index (κ2) is 5.04. The first-order valence-electron chi connectivity index (χ1n) is 7.99. The Kier molecular flexibility index (Phi) is 3.03. The van der Waals surface area contributed by atoms with Gasteiger partial charge in [-0.1, -0.05) is 61.5 Å². The zero-order valence-corrected chi connectivity index (χ0v) is 12.5.